The summed E-state index contributed by atoms with van der Waals surface area (Å²) in [7, 11) is -0.905. The zero-order valence-electron chi connectivity index (χ0n) is 11.9. The van der Waals surface area contributed by atoms with E-state index in [-0.39, 0.29) is 15.5 Å². The summed E-state index contributed by atoms with van der Waals surface area (Å²) in [4.78, 5) is 0. The second-order valence-corrected chi connectivity index (χ2v) is 6.75. The van der Waals surface area contributed by atoms with E-state index in [4.69, 9.17) is 32.5 Å². The average Bonchev–Trinajstić information content (AvgIpc) is 2.45. The number of hydrogen-bond donors (Lipinski definition) is 0. The van der Waals surface area contributed by atoms with Gasteiger partial charge >= 0.3 is 13.3 Å². The van der Waals surface area contributed by atoms with E-state index >= 15 is 0 Å². The van der Waals surface area contributed by atoms with Crippen LogP contribution in [0.1, 0.15) is 33.3 Å². The first-order valence-corrected chi connectivity index (χ1v) is 7.02. The van der Waals surface area contributed by atoms with Gasteiger partial charge in [-0.3, -0.25) is 0 Å². The van der Waals surface area contributed by atoms with Gasteiger partial charge in [0.05, 0.1) is 16.8 Å². The van der Waals surface area contributed by atoms with E-state index in [1.807, 2.05) is 27.7 Å². The van der Waals surface area contributed by atoms with Gasteiger partial charge in [0, 0.05) is 15.5 Å². The Morgan fingerprint density at radius 1 is 0.952 bits per heavy atom. The predicted octanol–water partition coefficient (Wildman–Crippen LogP) is 4.31. The molecule has 116 valence electrons. The monoisotopic (exact) mass is 340 g/mol. The van der Waals surface area contributed by atoms with Crippen LogP contribution >= 0.6 is 23.2 Å². The Balaban J connectivity index is 2.44. The van der Waals surface area contributed by atoms with Crippen molar-refractivity contribution in [2.24, 2.45) is 0 Å². The Kier molecular flexibility index (Phi) is 4.07. The van der Waals surface area contributed by atoms with Gasteiger partial charge in [-0.15, -0.1) is 0 Å². The number of benzene rings is 1. The van der Waals surface area contributed by atoms with E-state index in [0.717, 1.165) is 12.1 Å². The molecule has 0 N–H and O–H groups in total. The molecule has 21 heavy (non-hydrogen) atoms. The third-order valence-electron chi connectivity index (χ3n) is 3.90. The molecule has 0 unspecified atom stereocenters. The minimum Gasteiger partial charge on any atom is -0.399 e. The van der Waals surface area contributed by atoms with Crippen LogP contribution in [0.5, 0.6) is 0 Å². The SMILES string of the molecule is CC1(C)OB(c2c(Cl)cc(C(F)(F)F)cc2Cl)OC1(C)C. The van der Waals surface area contributed by atoms with E-state index in [1.165, 1.54) is 0 Å². The summed E-state index contributed by atoms with van der Waals surface area (Å²) in [6, 6.07) is 1.65. The molecule has 0 spiro atoms. The van der Waals surface area contributed by atoms with Crippen molar-refractivity contribution in [3.05, 3.63) is 27.7 Å². The first-order chi connectivity index (χ1) is 9.35. The van der Waals surface area contributed by atoms with Gasteiger partial charge in [0.1, 0.15) is 0 Å². The Labute approximate surface area is 131 Å². The standard InChI is InChI=1S/C13H14BCl2F3O2/c1-11(2)12(3,4)21-14(20-11)10-8(15)5-7(6-9(10)16)13(17,18)19/h5-6H,1-4H3. The molecule has 1 fully saturated rings. The molecule has 1 aromatic carbocycles. The molecule has 1 aliphatic heterocycles. The molecule has 2 nitrogen and oxygen atoms in total. The zero-order valence-corrected chi connectivity index (χ0v) is 13.5. The Morgan fingerprint density at radius 3 is 1.67 bits per heavy atom. The highest BCUT2D eigenvalue weighted by Crippen LogP contribution is 2.39. The topological polar surface area (TPSA) is 18.5 Å². The Hall–Kier alpha value is -0.425. The van der Waals surface area contributed by atoms with E-state index in [9.17, 15) is 13.2 Å². The number of rotatable bonds is 1. The lowest BCUT2D eigenvalue weighted by molar-refractivity contribution is -0.137. The molecule has 0 bridgehead atoms. The van der Waals surface area contributed by atoms with Crippen molar-refractivity contribution in [3.63, 3.8) is 0 Å². The molecule has 1 aliphatic rings. The van der Waals surface area contributed by atoms with Crippen molar-refractivity contribution in [2.75, 3.05) is 0 Å². The van der Waals surface area contributed by atoms with Crippen LogP contribution < -0.4 is 5.46 Å². The third kappa shape index (κ3) is 3.04. The highest BCUT2D eigenvalue weighted by atomic mass is 35.5. The number of alkyl halides is 3. The number of hydrogen-bond acceptors (Lipinski definition) is 2. The predicted molar refractivity (Wildman–Crippen MR) is 77.2 cm³/mol. The van der Waals surface area contributed by atoms with Gasteiger partial charge in [-0.25, -0.2) is 0 Å². The van der Waals surface area contributed by atoms with Gasteiger partial charge in [-0.2, -0.15) is 13.2 Å². The summed E-state index contributed by atoms with van der Waals surface area (Å²) in [6.07, 6.45) is -4.51. The van der Waals surface area contributed by atoms with Crippen LogP contribution in [0.4, 0.5) is 13.2 Å². The zero-order chi connectivity index (χ0) is 16.2. The van der Waals surface area contributed by atoms with Gasteiger partial charge in [0.2, 0.25) is 0 Å². The van der Waals surface area contributed by atoms with Gasteiger partial charge in [0.15, 0.2) is 0 Å². The summed E-state index contributed by atoms with van der Waals surface area (Å²) in [5, 5.41) is -0.262. The van der Waals surface area contributed by atoms with Gasteiger partial charge in [-0.1, -0.05) is 23.2 Å². The summed E-state index contributed by atoms with van der Waals surface area (Å²) < 4.78 is 49.7. The fourth-order valence-electron chi connectivity index (χ4n) is 1.93. The molecule has 1 saturated heterocycles. The van der Waals surface area contributed by atoms with Crippen molar-refractivity contribution in [3.8, 4) is 0 Å². The molecule has 8 heteroatoms. The molecule has 1 aromatic rings. The van der Waals surface area contributed by atoms with E-state index < -0.39 is 30.1 Å². The van der Waals surface area contributed by atoms with Crippen LogP contribution in [-0.2, 0) is 15.5 Å². The van der Waals surface area contributed by atoms with Crippen LogP contribution in [0.3, 0.4) is 0 Å². The molecule has 0 atom stereocenters. The highest BCUT2D eigenvalue weighted by molar-refractivity contribution is 6.69. The molecule has 0 aromatic heterocycles. The van der Waals surface area contributed by atoms with Crippen LogP contribution in [0.25, 0.3) is 0 Å². The van der Waals surface area contributed by atoms with E-state index in [2.05, 4.69) is 0 Å². The fraction of sp³-hybridized carbons (Fsp3) is 0.538. The molecular weight excluding hydrogens is 327 g/mol. The van der Waals surface area contributed by atoms with Crippen LogP contribution in [-0.4, -0.2) is 18.3 Å². The van der Waals surface area contributed by atoms with Crippen molar-refractivity contribution in [1.29, 1.82) is 0 Å². The first-order valence-electron chi connectivity index (χ1n) is 6.27. The summed E-state index contributed by atoms with van der Waals surface area (Å²) in [5.41, 5.74) is -1.96. The average molecular weight is 341 g/mol. The van der Waals surface area contributed by atoms with Gasteiger partial charge in [-0.05, 0) is 39.8 Å². The van der Waals surface area contributed by atoms with Gasteiger partial charge in [0.25, 0.3) is 0 Å². The third-order valence-corrected chi connectivity index (χ3v) is 4.52. The van der Waals surface area contributed by atoms with Crippen LogP contribution in [0.15, 0.2) is 12.1 Å². The molecule has 1 heterocycles. The number of halogens is 5. The fourth-order valence-corrected chi connectivity index (χ4v) is 2.60. The van der Waals surface area contributed by atoms with Crippen molar-refractivity contribution < 1.29 is 22.5 Å². The maximum atomic E-state index is 12.7. The molecule has 2 rings (SSSR count). The molecule has 0 amide bonds. The molecule has 0 aliphatic carbocycles. The minimum absolute atomic E-state index is 0.131. The Bertz CT molecular complexity index is 534. The lowest BCUT2D eigenvalue weighted by atomic mass is 9.78. The van der Waals surface area contributed by atoms with E-state index in [0.29, 0.717) is 0 Å². The second kappa shape index (κ2) is 5.05. The largest absolute Gasteiger partial charge is 0.497 e. The smallest absolute Gasteiger partial charge is 0.399 e. The highest BCUT2D eigenvalue weighted by Gasteiger charge is 2.53. The normalized spacial score (nSPS) is 20.9. The maximum Gasteiger partial charge on any atom is 0.497 e. The first kappa shape index (κ1) is 16.9. The Morgan fingerprint density at radius 2 is 1.33 bits per heavy atom. The van der Waals surface area contributed by atoms with Crippen molar-refractivity contribution >= 4 is 35.8 Å². The molecular formula is C13H14BCl2F3O2. The van der Waals surface area contributed by atoms with E-state index in [1.54, 1.807) is 0 Å². The summed E-state index contributed by atoms with van der Waals surface area (Å²) >= 11 is 11.9. The lowest BCUT2D eigenvalue weighted by Gasteiger charge is -2.32. The van der Waals surface area contributed by atoms with Crippen LogP contribution in [0, 0.1) is 0 Å². The molecule has 0 saturated carbocycles. The minimum atomic E-state index is -4.51. The maximum absolute atomic E-state index is 12.7. The van der Waals surface area contributed by atoms with Gasteiger partial charge < -0.3 is 9.31 Å². The van der Waals surface area contributed by atoms with Crippen molar-refractivity contribution in [2.45, 2.75) is 45.1 Å². The van der Waals surface area contributed by atoms with Crippen LogP contribution in [0.2, 0.25) is 10.0 Å². The lowest BCUT2D eigenvalue weighted by Crippen LogP contribution is -2.41. The second-order valence-electron chi connectivity index (χ2n) is 5.94. The summed E-state index contributed by atoms with van der Waals surface area (Å²) in [6.45, 7) is 7.33. The quantitative estimate of drug-likeness (QED) is 0.709. The molecule has 0 radical (unpaired) electrons. The summed E-state index contributed by atoms with van der Waals surface area (Å²) in [5.74, 6) is 0. The van der Waals surface area contributed by atoms with Crippen molar-refractivity contribution in [1.82, 2.24) is 0 Å².